The second-order valence-corrected chi connectivity index (χ2v) is 5.05. The van der Waals surface area contributed by atoms with E-state index in [1.165, 1.54) is 11.3 Å². The second kappa shape index (κ2) is 3.12. The van der Waals surface area contributed by atoms with E-state index in [-0.39, 0.29) is 5.75 Å². The average molecular weight is 257 g/mol. The Hall–Kier alpha value is -0.870. The molecule has 0 atom stereocenters. The van der Waals surface area contributed by atoms with Crippen LogP contribution in [0.5, 0.6) is 5.75 Å². The maximum atomic E-state index is 10.5. The molecule has 0 aliphatic carbocycles. The number of aldehydes is 1. The Morgan fingerprint density at radius 2 is 2.23 bits per heavy atom. The van der Waals surface area contributed by atoms with Gasteiger partial charge < -0.3 is 5.11 Å². The summed E-state index contributed by atoms with van der Waals surface area (Å²) in [5.74, 6) is 0.0643. The quantitative estimate of drug-likeness (QED) is 0.796. The van der Waals surface area contributed by atoms with Crippen molar-refractivity contribution in [1.29, 1.82) is 0 Å². The highest BCUT2D eigenvalue weighted by Crippen LogP contribution is 2.36. The summed E-state index contributed by atoms with van der Waals surface area (Å²) >= 11 is 4.85. The van der Waals surface area contributed by atoms with E-state index in [1.54, 1.807) is 6.07 Å². The molecule has 66 valence electrons. The third-order valence-corrected chi connectivity index (χ3v) is 3.40. The lowest BCUT2D eigenvalue weighted by Gasteiger charge is -1.96. The van der Waals surface area contributed by atoms with Crippen LogP contribution in [0.25, 0.3) is 10.1 Å². The van der Waals surface area contributed by atoms with Gasteiger partial charge in [-0.1, -0.05) is 0 Å². The van der Waals surface area contributed by atoms with Crippen molar-refractivity contribution in [3.63, 3.8) is 0 Å². The number of aromatic hydroxyl groups is 1. The number of phenolic OH excluding ortho intramolecular Hbond substituents is 1. The summed E-state index contributed by atoms with van der Waals surface area (Å²) in [6, 6.07) is 5.25. The van der Waals surface area contributed by atoms with Crippen molar-refractivity contribution >= 4 is 43.6 Å². The number of thiophene rings is 1. The van der Waals surface area contributed by atoms with Gasteiger partial charge in [0, 0.05) is 10.1 Å². The molecule has 1 N–H and O–H groups in total. The number of fused-ring (bicyclic) bond motifs is 1. The Labute approximate surface area is 86.9 Å². The molecule has 2 aromatic rings. The van der Waals surface area contributed by atoms with E-state index in [0.29, 0.717) is 11.8 Å². The first-order valence-electron chi connectivity index (χ1n) is 3.58. The highest BCUT2D eigenvalue weighted by molar-refractivity contribution is 9.11. The van der Waals surface area contributed by atoms with Gasteiger partial charge >= 0.3 is 0 Å². The number of carbonyl (C=O) groups is 1. The summed E-state index contributed by atoms with van der Waals surface area (Å²) in [5.41, 5.74) is 0.331. The van der Waals surface area contributed by atoms with E-state index in [9.17, 15) is 9.90 Å². The largest absolute Gasteiger partial charge is 0.507 e. The molecular weight excluding hydrogens is 252 g/mol. The number of hydrogen-bond acceptors (Lipinski definition) is 3. The van der Waals surface area contributed by atoms with Crippen molar-refractivity contribution in [1.82, 2.24) is 0 Å². The molecular formula is C9H5BrO2S. The van der Waals surface area contributed by atoms with Gasteiger partial charge in [-0.25, -0.2) is 0 Å². The highest BCUT2D eigenvalue weighted by Gasteiger charge is 2.07. The van der Waals surface area contributed by atoms with Gasteiger partial charge in [0.05, 0.1) is 9.35 Å². The number of phenols is 1. The van der Waals surface area contributed by atoms with Gasteiger partial charge in [-0.3, -0.25) is 4.79 Å². The molecule has 4 heteroatoms. The van der Waals surface area contributed by atoms with E-state index >= 15 is 0 Å². The summed E-state index contributed by atoms with van der Waals surface area (Å²) < 4.78 is 1.91. The molecule has 0 amide bonds. The number of carbonyl (C=O) groups excluding carboxylic acids is 1. The standard InChI is InChI=1S/C9H5BrO2S/c10-8-3-6-7(13-8)2-1-5(4-11)9(6)12/h1-4,12H. The normalized spacial score (nSPS) is 10.5. The van der Waals surface area contributed by atoms with Gasteiger partial charge in [0.25, 0.3) is 0 Å². The van der Waals surface area contributed by atoms with Gasteiger partial charge in [0.15, 0.2) is 6.29 Å². The molecule has 0 saturated carbocycles. The van der Waals surface area contributed by atoms with Crippen molar-refractivity contribution in [2.45, 2.75) is 0 Å². The predicted octanol–water partition coefficient (Wildman–Crippen LogP) is 3.18. The zero-order chi connectivity index (χ0) is 9.42. The first-order valence-corrected chi connectivity index (χ1v) is 5.19. The monoisotopic (exact) mass is 256 g/mol. The Morgan fingerprint density at radius 1 is 1.46 bits per heavy atom. The molecule has 0 aliphatic rings. The van der Waals surface area contributed by atoms with Gasteiger partial charge in [0.1, 0.15) is 5.75 Å². The fourth-order valence-electron chi connectivity index (χ4n) is 1.18. The van der Waals surface area contributed by atoms with Gasteiger partial charge in [-0.15, -0.1) is 11.3 Å². The molecule has 13 heavy (non-hydrogen) atoms. The van der Waals surface area contributed by atoms with Crippen LogP contribution in [0.1, 0.15) is 10.4 Å². The molecule has 0 saturated heterocycles. The molecule has 0 spiro atoms. The Bertz CT molecular complexity index is 476. The van der Waals surface area contributed by atoms with Crippen LogP contribution in [-0.4, -0.2) is 11.4 Å². The Morgan fingerprint density at radius 3 is 2.92 bits per heavy atom. The summed E-state index contributed by atoms with van der Waals surface area (Å²) in [6.45, 7) is 0. The predicted molar refractivity (Wildman–Crippen MR) is 56.6 cm³/mol. The molecule has 1 aromatic carbocycles. The van der Waals surface area contributed by atoms with Crippen molar-refractivity contribution in [3.05, 3.63) is 27.5 Å². The Kier molecular flexibility index (Phi) is 2.09. The smallest absolute Gasteiger partial charge is 0.153 e. The molecule has 0 unspecified atom stereocenters. The van der Waals surface area contributed by atoms with Gasteiger partial charge in [-0.05, 0) is 34.1 Å². The minimum Gasteiger partial charge on any atom is -0.507 e. The Balaban J connectivity index is 2.85. The highest BCUT2D eigenvalue weighted by atomic mass is 79.9. The minimum atomic E-state index is 0.0643. The third kappa shape index (κ3) is 1.36. The summed E-state index contributed by atoms with van der Waals surface area (Å²) in [6.07, 6.45) is 0.653. The fraction of sp³-hybridized carbons (Fsp3) is 0. The molecule has 0 aliphatic heterocycles. The van der Waals surface area contributed by atoms with E-state index < -0.39 is 0 Å². The fourth-order valence-corrected chi connectivity index (χ4v) is 2.72. The molecule has 1 aromatic heterocycles. The lowest BCUT2D eigenvalue weighted by molar-refractivity contribution is 0.112. The molecule has 0 bridgehead atoms. The van der Waals surface area contributed by atoms with Crippen LogP contribution in [-0.2, 0) is 0 Å². The van der Waals surface area contributed by atoms with Crippen LogP contribution < -0.4 is 0 Å². The van der Waals surface area contributed by atoms with Gasteiger partial charge in [-0.2, -0.15) is 0 Å². The summed E-state index contributed by atoms with van der Waals surface area (Å²) in [4.78, 5) is 10.5. The third-order valence-electron chi connectivity index (χ3n) is 1.80. The van der Waals surface area contributed by atoms with Crippen molar-refractivity contribution in [3.8, 4) is 5.75 Å². The number of halogens is 1. The van der Waals surface area contributed by atoms with Crippen molar-refractivity contribution < 1.29 is 9.90 Å². The topological polar surface area (TPSA) is 37.3 Å². The van der Waals surface area contributed by atoms with Crippen LogP contribution in [0.15, 0.2) is 22.0 Å². The zero-order valence-electron chi connectivity index (χ0n) is 6.45. The molecule has 0 fully saturated rings. The molecule has 1 heterocycles. The molecule has 2 rings (SSSR count). The molecule has 0 radical (unpaired) electrons. The van der Waals surface area contributed by atoms with E-state index in [4.69, 9.17) is 0 Å². The van der Waals surface area contributed by atoms with Crippen LogP contribution in [0.3, 0.4) is 0 Å². The minimum absolute atomic E-state index is 0.0643. The van der Waals surface area contributed by atoms with Crippen LogP contribution in [0, 0.1) is 0 Å². The summed E-state index contributed by atoms with van der Waals surface area (Å²) in [7, 11) is 0. The summed E-state index contributed by atoms with van der Waals surface area (Å²) in [5, 5.41) is 10.3. The number of benzene rings is 1. The van der Waals surface area contributed by atoms with Crippen LogP contribution in [0.4, 0.5) is 0 Å². The lowest BCUT2D eigenvalue weighted by Crippen LogP contribution is -1.79. The lowest BCUT2D eigenvalue weighted by atomic mass is 10.1. The number of rotatable bonds is 1. The van der Waals surface area contributed by atoms with Crippen LogP contribution >= 0.6 is 27.3 Å². The maximum absolute atomic E-state index is 10.5. The maximum Gasteiger partial charge on any atom is 0.153 e. The van der Waals surface area contributed by atoms with E-state index in [1.807, 2.05) is 12.1 Å². The van der Waals surface area contributed by atoms with Crippen molar-refractivity contribution in [2.75, 3.05) is 0 Å². The first kappa shape index (κ1) is 8.72. The van der Waals surface area contributed by atoms with E-state index in [2.05, 4.69) is 15.9 Å². The number of hydrogen-bond donors (Lipinski definition) is 1. The van der Waals surface area contributed by atoms with E-state index in [0.717, 1.165) is 13.9 Å². The average Bonchev–Trinajstić information content (AvgIpc) is 2.47. The second-order valence-electron chi connectivity index (χ2n) is 2.58. The van der Waals surface area contributed by atoms with Crippen molar-refractivity contribution in [2.24, 2.45) is 0 Å². The SMILES string of the molecule is O=Cc1ccc2sc(Br)cc2c1O. The molecule has 2 nitrogen and oxygen atoms in total. The van der Waals surface area contributed by atoms with Gasteiger partial charge in [0.2, 0.25) is 0 Å². The zero-order valence-corrected chi connectivity index (χ0v) is 8.85. The van der Waals surface area contributed by atoms with Crippen LogP contribution in [0.2, 0.25) is 0 Å². The first-order chi connectivity index (χ1) is 6.22.